The average Bonchev–Trinajstić information content (AvgIpc) is 2.45. The van der Waals surface area contributed by atoms with E-state index in [1.165, 1.54) is 12.1 Å². The van der Waals surface area contributed by atoms with Gasteiger partial charge in [0.15, 0.2) is 0 Å². The highest BCUT2D eigenvalue weighted by molar-refractivity contribution is 9.10. The molecule has 2 rings (SSSR count). The number of nitrogens with one attached hydrogen (secondary N) is 1. The number of halogens is 3. The van der Waals surface area contributed by atoms with Crippen LogP contribution >= 0.6 is 15.9 Å². The standard InChI is InChI=1S/C17H18BrF2N/c1-3-21-17(14-5-4-6-15(18)11(14)2)10-12-9-13(19)7-8-16(12)20/h4-9,17,21H,3,10H2,1-2H3. The first kappa shape index (κ1) is 16.1. The van der Waals surface area contributed by atoms with Gasteiger partial charge in [-0.2, -0.15) is 0 Å². The summed E-state index contributed by atoms with van der Waals surface area (Å²) in [6.45, 7) is 4.78. The molecule has 0 aromatic heterocycles. The molecule has 0 aliphatic heterocycles. The van der Waals surface area contributed by atoms with E-state index in [-0.39, 0.29) is 11.9 Å². The first-order valence-electron chi connectivity index (χ1n) is 6.95. The van der Waals surface area contributed by atoms with E-state index < -0.39 is 5.82 Å². The van der Waals surface area contributed by atoms with Crippen LogP contribution in [0.3, 0.4) is 0 Å². The number of hydrogen-bond donors (Lipinski definition) is 1. The smallest absolute Gasteiger partial charge is 0.126 e. The molecule has 1 atom stereocenters. The Kier molecular flexibility index (Phi) is 5.48. The number of likely N-dealkylation sites (N-methyl/N-ethyl adjacent to an activating group) is 1. The summed E-state index contributed by atoms with van der Waals surface area (Å²) in [5, 5.41) is 3.35. The van der Waals surface area contributed by atoms with Crippen molar-refractivity contribution in [3.05, 3.63) is 69.2 Å². The summed E-state index contributed by atoms with van der Waals surface area (Å²) in [6.07, 6.45) is 0.411. The van der Waals surface area contributed by atoms with Crippen LogP contribution in [0.15, 0.2) is 40.9 Å². The van der Waals surface area contributed by atoms with Gasteiger partial charge in [0, 0.05) is 10.5 Å². The van der Waals surface area contributed by atoms with E-state index >= 15 is 0 Å². The maximum absolute atomic E-state index is 13.9. The molecule has 2 aromatic rings. The van der Waals surface area contributed by atoms with Gasteiger partial charge >= 0.3 is 0 Å². The van der Waals surface area contributed by atoms with Gasteiger partial charge in [0.1, 0.15) is 11.6 Å². The van der Waals surface area contributed by atoms with Crippen LogP contribution in [0.2, 0.25) is 0 Å². The Morgan fingerprint density at radius 2 is 1.95 bits per heavy atom. The summed E-state index contributed by atoms with van der Waals surface area (Å²) in [7, 11) is 0. The predicted octanol–water partition coefficient (Wildman–Crippen LogP) is 4.93. The maximum atomic E-state index is 13.9. The largest absolute Gasteiger partial charge is 0.310 e. The fourth-order valence-corrected chi connectivity index (χ4v) is 2.84. The van der Waals surface area contributed by atoms with Crippen molar-refractivity contribution in [1.29, 1.82) is 0 Å². The van der Waals surface area contributed by atoms with Crippen molar-refractivity contribution < 1.29 is 8.78 Å². The Hall–Kier alpha value is -1.26. The zero-order valence-electron chi connectivity index (χ0n) is 12.1. The van der Waals surface area contributed by atoms with Crippen molar-refractivity contribution in [2.24, 2.45) is 0 Å². The van der Waals surface area contributed by atoms with Crippen LogP contribution in [0.5, 0.6) is 0 Å². The van der Waals surface area contributed by atoms with Gasteiger partial charge in [-0.05, 0) is 60.8 Å². The lowest BCUT2D eigenvalue weighted by Crippen LogP contribution is -2.24. The molecule has 0 heterocycles. The summed E-state index contributed by atoms with van der Waals surface area (Å²) in [4.78, 5) is 0. The molecular formula is C17H18BrF2N. The molecule has 0 aliphatic carbocycles. The molecular weight excluding hydrogens is 336 g/mol. The Balaban J connectivity index is 2.35. The van der Waals surface area contributed by atoms with Crippen molar-refractivity contribution in [2.45, 2.75) is 26.3 Å². The normalized spacial score (nSPS) is 12.4. The molecule has 0 aliphatic rings. The second-order valence-electron chi connectivity index (χ2n) is 5.00. The average molecular weight is 354 g/mol. The molecule has 0 fully saturated rings. The van der Waals surface area contributed by atoms with Crippen LogP contribution in [-0.2, 0) is 6.42 Å². The third-order valence-electron chi connectivity index (χ3n) is 3.57. The zero-order chi connectivity index (χ0) is 15.4. The topological polar surface area (TPSA) is 12.0 Å². The minimum absolute atomic E-state index is 0.0520. The fraction of sp³-hybridized carbons (Fsp3) is 0.294. The van der Waals surface area contributed by atoms with E-state index in [9.17, 15) is 8.78 Å². The van der Waals surface area contributed by atoms with Crippen LogP contribution < -0.4 is 5.32 Å². The summed E-state index contributed by atoms with van der Waals surface area (Å²) in [5.41, 5.74) is 2.59. The Labute approximate surface area is 132 Å². The third-order valence-corrected chi connectivity index (χ3v) is 4.43. The van der Waals surface area contributed by atoms with Gasteiger partial charge in [0.25, 0.3) is 0 Å². The molecule has 112 valence electrons. The SMILES string of the molecule is CCNC(Cc1cc(F)ccc1F)c1cccc(Br)c1C. The minimum Gasteiger partial charge on any atom is -0.310 e. The van der Waals surface area contributed by atoms with E-state index in [0.29, 0.717) is 12.0 Å². The van der Waals surface area contributed by atoms with Crippen LogP contribution in [0.1, 0.15) is 29.7 Å². The highest BCUT2D eigenvalue weighted by atomic mass is 79.9. The predicted molar refractivity (Wildman–Crippen MR) is 85.4 cm³/mol. The molecule has 1 N–H and O–H groups in total. The molecule has 1 unspecified atom stereocenters. The van der Waals surface area contributed by atoms with Crippen molar-refractivity contribution >= 4 is 15.9 Å². The maximum Gasteiger partial charge on any atom is 0.126 e. The lowest BCUT2D eigenvalue weighted by molar-refractivity contribution is 0.520. The second kappa shape index (κ2) is 7.14. The molecule has 4 heteroatoms. The number of benzene rings is 2. The molecule has 1 nitrogen and oxygen atoms in total. The van der Waals surface area contributed by atoms with Crippen molar-refractivity contribution in [1.82, 2.24) is 5.32 Å². The summed E-state index contributed by atoms with van der Waals surface area (Å²) in [5.74, 6) is -0.778. The van der Waals surface area contributed by atoms with Crippen molar-refractivity contribution in [3.8, 4) is 0 Å². The second-order valence-corrected chi connectivity index (χ2v) is 5.86. The molecule has 0 spiro atoms. The van der Waals surface area contributed by atoms with Gasteiger partial charge in [-0.3, -0.25) is 0 Å². The van der Waals surface area contributed by atoms with Crippen molar-refractivity contribution in [2.75, 3.05) is 6.54 Å². The highest BCUT2D eigenvalue weighted by Gasteiger charge is 2.17. The Bertz CT molecular complexity index is 628. The third kappa shape index (κ3) is 3.89. The fourth-order valence-electron chi connectivity index (χ4n) is 2.46. The van der Waals surface area contributed by atoms with Gasteiger partial charge in [0.2, 0.25) is 0 Å². The summed E-state index contributed by atoms with van der Waals surface area (Å²) < 4.78 is 28.2. The van der Waals surface area contributed by atoms with E-state index in [1.807, 2.05) is 32.0 Å². The molecule has 0 amide bonds. The summed E-state index contributed by atoms with van der Waals surface area (Å²) in [6, 6.07) is 9.50. The first-order valence-corrected chi connectivity index (χ1v) is 7.74. The quantitative estimate of drug-likeness (QED) is 0.803. The Morgan fingerprint density at radius 3 is 2.67 bits per heavy atom. The van der Waals surface area contributed by atoms with Gasteiger partial charge in [-0.25, -0.2) is 8.78 Å². The molecule has 21 heavy (non-hydrogen) atoms. The van der Waals surface area contributed by atoms with Crippen LogP contribution in [-0.4, -0.2) is 6.54 Å². The number of hydrogen-bond acceptors (Lipinski definition) is 1. The van der Waals surface area contributed by atoms with E-state index in [1.54, 1.807) is 0 Å². The van der Waals surface area contributed by atoms with Gasteiger partial charge in [-0.1, -0.05) is 35.0 Å². The minimum atomic E-state index is -0.410. The van der Waals surface area contributed by atoms with Gasteiger partial charge in [-0.15, -0.1) is 0 Å². The lowest BCUT2D eigenvalue weighted by Gasteiger charge is -2.21. The monoisotopic (exact) mass is 353 g/mol. The zero-order valence-corrected chi connectivity index (χ0v) is 13.7. The number of rotatable bonds is 5. The van der Waals surface area contributed by atoms with E-state index in [0.717, 1.165) is 28.2 Å². The van der Waals surface area contributed by atoms with E-state index in [2.05, 4.69) is 21.2 Å². The lowest BCUT2D eigenvalue weighted by atomic mass is 9.95. The van der Waals surface area contributed by atoms with Crippen LogP contribution in [0, 0.1) is 18.6 Å². The van der Waals surface area contributed by atoms with E-state index in [4.69, 9.17) is 0 Å². The highest BCUT2D eigenvalue weighted by Crippen LogP contribution is 2.27. The van der Waals surface area contributed by atoms with Crippen LogP contribution in [0.4, 0.5) is 8.78 Å². The Morgan fingerprint density at radius 1 is 1.19 bits per heavy atom. The molecule has 0 bridgehead atoms. The van der Waals surface area contributed by atoms with Gasteiger partial charge in [0.05, 0.1) is 0 Å². The summed E-state index contributed by atoms with van der Waals surface area (Å²) >= 11 is 3.52. The molecule has 2 aromatic carbocycles. The first-order chi connectivity index (χ1) is 10.0. The molecule has 0 saturated carbocycles. The van der Waals surface area contributed by atoms with Crippen LogP contribution in [0.25, 0.3) is 0 Å². The molecule has 0 radical (unpaired) electrons. The molecule has 0 saturated heterocycles. The van der Waals surface area contributed by atoms with Crippen molar-refractivity contribution in [3.63, 3.8) is 0 Å². The van der Waals surface area contributed by atoms with Gasteiger partial charge < -0.3 is 5.32 Å².